The largest absolute Gasteiger partial charge is 0.495 e. The molecule has 2 aromatic rings. The van der Waals surface area contributed by atoms with Crippen molar-refractivity contribution in [1.29, 1.82) is 0 Å². The molecular formula is C22H29N3O4S. The molecule has 0 saturated carbocycles. The Morgan fingerprint density at radius 3 is 2.33 bits per heavy atom. The van der Waals surface area contributed by atoms with Gasteiger partial charge >= 0.3 is 0 Å². The van der Waals surface area contributed by atoms with Crippen LogP contribution < -0.4 is 10.1 Å². The highest BCUT2D eigenvalue weighted by Gasteiger charge is 2.32. The van der Waals surface area contributed by atoms with E-state index in [-0.39, 0.29) is 11.9 Å². The van der Waals surface area contributed by atoms with Crippen LogP contribution in [0.3, 0.4) is 0 Å². The summed E-state index contributed by atoms with van der Waals surface area (Å²) in [6.07, 6.45) is 0. The second-order valence-corrected chi connectivity index (χ2v) is 9.49. The highest BCUT2D eigenvalue weighted by molar-refractivity contribution is 7.89. The zero-order chi connectivity index (χ0) is 21.9. The molecule has 1 N–H and O–H groups in total. The normalized spacial score (nSPS) is 16.8. The van der Waals surface area contributed by atoms with Gasteiger partial charge in [-0.2, -0.15) is 4.31 Å². The molecule has 3 rings (SSSR count). The van der Waals surface area contributed by atoms with Crippen molar-refractivity contribution < 1.29 is 17.9 Å². The molecule has 30 heavy (non-hydrogen) atoms. The number of carbonyl (C=O) groups excluding carboxylic acids is 1. The lowest BCUT2D eigenvalue weighted by Crippen LogP contribution is -2.53. The van der Waals surface area contributed by atoms with Gasteiger partial charge in [0, 0.05) is 26.2 Å². The van der Waals surface area contributed by atoms with Gasteiger partial charge in [0.05, 0.1) is 23.7 Å². The summed E-state index contributed by atoms with van der Waals surface area (Å²) in [5, 5.41) is 2.90. The molecule has 1 fully saturated rings. The third-order valence-corrected chi connectivity index (χ3v) is 7.58. The topological polar surface area (TPSA) is 79.0 Å². The number of piperazine rings is 1. The first-order valence-electron chi connectivity index (χ1n) is 9.99. The van der Waals surface area contributed by atoms with Crippen molar-refractivity contribution in [2.24, 2.45) is 0 Å². The van der Waals surface area contributed by atoms with Crippen molar-refractivity contribution in [3.63, 3.8) is 0 Å². The average molecular weight is 432 g/mol. The number of nitrogens with zero attached hydrogens (tertiary/aromatic N) is 2. The molecule has 1 amide bonds. The van der Waals surface area contributed by atoms with Gasteiger partial charge in [0.25, 0.3) is 0 Å². The Balaban J connectivity index is 1.63. The molecule has 1 aliphatic rings. The molecule has 162 valence electrons. The van der Waals surface area contributed by atoms with Gasteiger partial charge in [-0.25, -0.2) is 8.42 Å². The van der Waals surface area contributed by atoms with Crippen LogP contribution in [-0.4, -0.2) is 62.9 Å². The monoisotopic (exact) mass is 431 g/mol. The Labute approximate surface area is 178 Å². The summed E-state index contributed by atoms with van der Waals surface area (Å²) in [4.78, 5) is 15.0. The molecule has 0 aromatic heterocycles. The van der Waals surface area contributed by atoms with E-state index in [1.54, 1.807) is 31.4 Å². The number of amides is 1. The first kappa shape index (κ1) is 22.3. The van der Waals surface area contributed by atoms with Crippen LogP contribution in [0.4, 0.5) is 5.69 Å². The summed E-state index contributed by atoms with van der Waals surface area (Å²) in [6, 6.07) is 12.1. The van der Waals surface area contributed by atoms with E-state index in [9.17, 15) is 13.2 Å². The zero-order valence-electron chi connectivity index (χ0n) is 17.9. The van der Waals surface area contributed by atoms with Gasteiger partial charge in [0.2, 0.25) is 15.9 Å². The minimum atomic E-state index is -3.54. The van der Waals surface area contributed by atoms with Crippen LogP contribution in [0.15, 0.2) is 47.4 Å². The molecule has 0 spiro atoms. The standard InChI is InChI=1S/C22H29N3O4S/c1-16-9-10-19(15-17(16)2)30(27,28)25-13-11-24(12-14-25)18(3)22(26)23-20-7-5-6-8-21(20)29-4/h5-10,15,18H,11-14H2,1-4H3,(H,23,26)/t18-/m1/s1. The number of aryl methyl sites for hydroxylation is 2. The minimum absolute atomic E-state index is 0.148. The SMILES string of the molecule is COc1ccccc1NC(=O)[C@@H](C)N1CCN(S(=O)(=O)c2ccc(C)c(C)c2)CC1. The predicted molar refractivity (Wildman–Crippen MR) is 117 cm³/mol. The second kappa shape index (κ2) is 9.16. The van der Waals surface area contributed by atoms with E-state index < -0.39 is 10.0 Å². The van der Waals surface area contributed by atoms with E-state index in [0.717, 1.165) is 11.1 Å². The van der Waals surface area contributed by atoms with Crippen molar-refractivity contribution in [2.45, 2.75) is 31.7 Å². The fourth-order valence-electron chi connectivity index (χ4n) is 3.51. The van der Waals surface area contributed by atoms with Crippen molar-refractivity contribution in [1.82, 2.24) is 9.21 Å². The van der Waals surface area contributed by atoms with Crippen LogP contribution in [0.5, 0.6) is 5.75 Å². The Hall–Kier alpha value is -2.42. The van der Waals surface area contributed by atoms with Gasteiger partial charge < -0.3 is 10.1 Å². The summed E-state index contributed by atoms with van der Waals surface area (Å²) in [5.74, 6) is 0.451. The lowest BCUT2D eigenvalue weighted by Gasteiger charge is -2.36. The number of sulfonamides is 1. The van der Waals surface area contributed by atoms with Crippen LogP contribution in [-0.2, 0) is 14.8 Å². The number of benzene rings is 2. The Bertz CT molecular complexity index is 1010. The molecule has 1 atom stereocenters. The maximum Gasteiger partial charge on any atom is 0.243 e. The van der Waals surface area contributed by atoms with Gasteiger partial charge in [-0.15, -0.1) is 0 Å². The highest BCUT2D eigenvalue weighted by Crippen LogP contribution is 2.24. The number of hydrogen-bond acceptors (Lipinski definition) is 5. The minimum Gasteiger partial charge on any atom is -0.495 e. The summed E-state index contributed by atoms with van der Waals surface area (Å²) in [7, 11) is -1.98. The molecule has 7 nitrogen and oxygen atoms in total. The summed E-state index contributed by atoms with van der Waals surface area (Å²) in [5.41, 5.74) is 2.64. The second-order valence-electron chi connectivity index (χ2n) is 7.55. The van der Waals surface area contributed by atoms with Crippen LogP contribution in [0.25, 0.3) is 0 Å². The fourth-order valence-corrected chi connectivity index (χ4v) is 5.01. The van der Waals surface area contributed by atoms with Crippen molar-refractivity contribution >= 4 is 21.6 Å². The molecule has 1 heterocycles. The third-order valence-electron chi connectivity index (χ3n) is 5.68. The van der Waals surface area contributed by atoms with Gasteiger partial charge in [0.1, 0.15) is 5.75 Å². The van der Waals surface area contributed by atoms with Gasteiger partial charge in [-0.05, 0) is 56.2 Å². The Kier molecular flexibility index (Phi) is 6.80. The van der Waals surface area contributed by atoms with Crippen molar-refractivity contribution in [3.8, 4) is 5.75 Å². The van der Waals surface area contributed by atoms with Gasteiger partial charge in [-0.3, -0.25) is 9.69 Å². The molecule has 0 unspecified atom stereocenters. The van der Waals surface area contributed by atoms with Gasteiger partial charge in [0.15, 0.2) is 0 Å². The van der Waals surface area contributed by atoms with Crippen LogP contribution in [0.1, 0.15) is 18.1 Å². The smallest absolute Gasteiger partial charge is 0.243 e. The number of para-hydroxylation sites is 2. The molecule has 0 bridgehead atoms. The van der Waals surface area contributed by atoms with Crippen molar-refractivity contribution in [3.05, 3.63) is 53.6 Å². The predicted octanol–water partition coefficient (Wildman–Crippen LogP) is 2.65. The number of hydrogen-bond donors (Lipinski definition) is 1. The zero-order valence-corrected chi connectivity index (χ0v) is 18.7. The number of rotatable bonds is 6. The van der Waals surface area contributed by atoms with E-state index in [0.29, 0.717) is 42.5 Å². The fraction of sp³-hybridized carbons (Fsp3) is 0.409. The maximum absolute atomic E-state index is 13.0. The van der Waals surface area contributed by atoms with E-state index in [4.69, 9.17) is 4.74 Å². The number of nitrogens with one attached hydrogen (secondary N) is 1. The Morgan fingerprint density at radius 1 is 1.03 bits per heavy atom. The lowest BCUT2D eigenvalue weighted by molar-refractivity contribution is -0.121. The molecule has 1 saturated heterocycles. The van der Waals surface area contributed by atoms with E-state index in [2.05, 4.69) is 5.32 Å². The van der Waals surface area contributed by atoms with Gasteiger partial charge in [-0.1, -0.05) is 18.2 Å². The highest BCUT2D eigenvalue weighted by atomic mass is 32.2. The molecule has 8 heteroatoms. The van der Waals surface area contributed by atoms with Crippen molar-refractivity contribution in [2.75, 3.05) is 38.6 Å². The third kappa shape index (κ3) is 4.66. The molecule has 0 aliphatic carbocycles. The van der Waals surface area contributed by atoms with E-state index in [1.807, 2.05) is 43.9 Å². The first-order valence-corrected chi connectivity index (χ1v) is 11.4. The summed E-state index contributed by atoms with van der Waals surface area (Å²) >= 11 is 0. The Morgan fingerprint density at radius 2 is 1.70 bits per heavy atom. The van der Waals surface area contributed by atoms with E-state index in [1.165, 1.54) is 4.31 Å². The molecule has 1 aliphatic heterocycles. The summed E-state index contributed by atoms with van der Waals surface area (Å²) < 4.78 is 32.8. The van der Waals surface area contributed by atoms with Crippen LogP contribution >= 0.6 is 0 Å². The quantitative estimate of drug-likeness (QED) is 0.761. The molecule has 2 aromatic carbocycles. The summed E-state index contributed by atoms with van der Waals surface area (Å²) in [6.45, 7) is 7.38. The molecular weight excluding hydrogens is 402 g/mol. The number of ether oxygens (including phenoxy) is 1. The first-order chi connectivity index (χ1) is 14.2. The maximum atomic E-state index is 13.0. The average Bonchev–Trinajstić information content (AvgIpc) is 2.75. The van der Waals surface area contributed by atoms with E-state index >= 15 is 0 Å². The lowest BCUT2D eigenvalue weighted by atomic mass is 10.1. The van der Waals surface area contributed by atoms with Crippen LogP contribution in [0, 0.1) is 13.8 Å². The molecule has 0 radical (unpaired) electrons. The number of anilines is 1. The number of carbonyl (C=O) groups is 1. The number of methoxy groups -OCH3 is 1. The van der Waals surface area contributed by atoms with Crippen LogP contribution in [0.2, 0.25) is 0 Å².